The van der Waals surface area contributed by atoms with Gasteiger partial charge in [0, 0.05) is 23.2 Å². The maximum Gasteiger partial charge on any atom is 0.341 e. The molecule has 250 valence electrons. The summed E-state index contributed by atoms with van der Waals surface area (Å²) in [5.74, 6) is -2.27. The summed E-state index contributed by atoms with van der Waals surface area (Å²) in [4.78, 5) is 39.1. The lowest BCUT2D eigenvalue weighted by molar-refractivity contribution is -0.138. The number of aliphatic carboxylic acids is 2. The lowest BCUT2D eigenvalue weighted by atomic mass is 9.77. The highest BCUT2D eigenvalue weighted by molar-refractivity contribution is 5.93. The Hall–Kier alpha value is -4.76. The maximum absolute atomic E-state index is 9.94. The highest BCUT2D eigenvalue weighted by Gasteiger charge is 2.23. The molecule has 2 N–H and O–H groups in total. The van der Waals surface area contributed by atoms with E-state index in [1.54, 1.807) is 13.8 Å². The molecule has 9 nitrogen and oxygen atoms in total. The first-order valence-electron chi connectivity index (χ1n) is 14.7. The second-order valence-electron chi connectivity index (χ2n) is 11.0. The first-order valence-corrected chi connectivity index (χ1v) is 14.7. The third-order valence-corrected chi connectivity index (χ3v) is 6.66. The van der Waals surface area contributed by atoms with Gasteiger partial charge < -0.3 is 24.4 Å². The van der Waals surface area contributed by atoms with Crippen molar-refractivity contribution in [2.24, 2.45) is 0 Å². The fourth-order valence-electron chi connectivity index (χ4n) is 3.29. The normalized spacial score (nSPS) is 13.0. The molecule has 2 aliphatic heterocycles. The maximum atomic E-state index is 9.94. The molecule has 0 amide bonds. The van der Waals surface area contributed by atoms with E-state index in [0.29, 0.717) is 11.1 Å². The van der Waals surface area contributed by atoms with Crippen molar-refractivity contribution in [3.05, 3.63) is 119 Å². The molecule has 1 unspecified atom stereocenters. The molecule has 0 aromatic heterocycles. The molecule has 0 fully saturated rings. The highest BCUT2D eigenvalue weighted by atomic mass is 16.5. The number of esters is 2. The molecule has 0 spiro atoms. The molecule has 2 aromatic carbocycles. The number of benzene rings is 2. The molecule has 2 aliphatic rings. The molecule has 0 saturated carbocycles. The number of rotatable bonds is 8. The van der Waals surface area contributed by atoms with Crippen LogP contribution in [0, 0.1) is 0 Å². The van der Waals surface area contributed by atoms with Gasteiger partial charge in [-0.1, -0.05) is 82.5 Å². The molecule has 4 rings (SSSR count). The Labute approximate surface area is 272 Å². The van der Waals surface area contributed by atoms with E-state index in [1.807, 2.05) is 6.92 Å². The van der Waals surface area contributed by atoms with Crippen molar-refractivity contribution in [3.63, 3.8) is 0 Å². The molecule has 46 heavy (non-hydrogen) atoms. The van der Waals surface area contributed by atoms with Crippen molar-refractivity contribution in [1.29, 1.82) is 0 Å². The topological polar surface area (TPSA) is 136 Å². The number of carboxylic acid groups (broad SMARTS) is 2. The summed E-state index contributed by atoms with van der Waals surface area (Å²) in [6, 6.07) is 17.9. The van der Waals surface area contributed by atoms with Crippen molar-refractivity contribution in [2.45, 2.75) is 80.3 Å². The van der Waals surface area contributed by atoms with Crippen molar-refractivity contribution in [3.8, 4) is 0 Å². The van der Waals surface area contributed by atoms with Gasteiger partial charge in [-0.05, 0) is 70.2 Å². The van der Waals surface area contributed by atoms with Gasteiger partial charge in [0.05, 0.1) is 17.3 Å². The van der Waals surface area contributed by atoms with Crippen LogP contribution in [0.25, 0.3) is 0 Å². The summed E-state index contributed by atoms with van der Waals surface area (Å²) in [5.41, 5.74) is 7.09. The first-order chi connectivity index (χ1) is 21.4. The Kier molecular flexibility index (Phi) is 18.2. The zero-order chi connectivity index (χ0) is 35.6. The van der Waals surface area contributed by atoms with Crippen molar-refractivity contribution >= 4 is 23.9 Å². The lowest BCUT2D eigenvalue weighted by Crippen LogP contribution is -2.19. The standard InChI is InChI=1S/C21H28O.2C4H4O2.2C4H6O2/c1-6-17-8-12-19(13-9-17)21(4,5)20-14-10-18(11-15-20)16(3)22-7-2;2*1-3-2-6-4(3)5;2*1-3(2)4(5)6/h8-16H,6-7H2,1-5H3;2*2H,1H3;2*1H2,2H3,(H,5,6). The number of carbonyl (C=O) groups is 4. The van der Waals surface area contributed by atoms with Gasteiger partial charge in [0.2, 0.25) is 0 Å². The average molecular weight is 637 g/mol. The fraction of sp³-hybridized carbons (Fsp3) is 0.351. The average Bonchev–Trinajstić information content (AvgIpc) is 3.04. The van der Waals surface area contributed by atoms with Gasteiger partial charge in [-0.15, -0.1) is 0 Å². The van der Waals surface area contributed by atoms with Crippen molar-refractivity contribution in [1.82, 2.24) is 0 Å². The fourth-order valence-corrected chi connectivity index (χ4v) is 3.29. The van der Waals surface area contributed by atoms with E-state index < -0.39 is 11.9 Å². The zero-order valence-corrected chi connectivity index (χ0v) is 28.4. The van der Waals surface area contributed by atoms with Crippen molar-refractivity contribution in [2.75, 3.05) is 6.61 Å². The van der Waals surface area contributed by atoms with Gasteiger partial charge in [0.25, 0.3) is 0 Å². The SMILES string of the molecule is C=C(C)C(=O)O.C=C(C)C(=O)O.CC1=COC1=O.CC1=COC1=O.CCOC(C)c1ccc(C(C)(C)c2ccc(CC)cc2)cc1. The smallest absolute Gasteiger partial charge is 0.341 e. The van der Waals surface area contributed by atoms with Crippen LogP contribution < -0.4 is 0 Å². The number of aryl methyl sites for hydroxylation is 1. The Balaban J connectivity index is 0.000000679. The quantitative estimate of drug-likeness (QED) is 0.219. The van der Waals surface area contributed by atoms with Crippen LogP contribution in [0.3, 0.4) is 0 Å². The van der Waals surface area contributed by atoms with E-state index >= 15 is 0 Å². The minimum absolute atomic E-state index is 0.0135. The monoisotopic (exact) mass is 636 g/mol. The Bertz CT molecular complexity index is 1330. The number of ether oxygens (including phenoxy) is 3. The van der Waals surface area contributed by atoms with Crippen LogP contribution in [0.1, 0.15) is 90.7 Å². The van der Waals surface area contributed by atoms with E-state index in [-0.39, 0.29) is 34.6 Å². The Morgan fingerprint density at radius 3 is 1.33 bits per heavy atom. The second kappa shape index (κ2) is 20.3. The van der Waals surface area contributed by atoms with E-state index in [0.717, 1.165) is 13.0 Å². The van der Waals surface area contributed by atoms with Gasteiger partial charge in [-0.25, -0.2) is 19.2 Å². The molecular weight excluding hydrogens is 588 g/mol. The molecule has 9 heteroatoms. The third-order valence-electron chi connectivity index (χ3n) is 6.66. The van der Waals surface area contributed by atoms with Crippen LogP contribution in [0.15, 0.2) is 96.5 Å². The zero-order valence-electron chi connectivity index (χ0n) is 28.4. The molecule has 0 saturated heterocycles. The molecular formula is C37H48O9. The van der Waals surface area contributed by atoms with E-state index in [9.17, 15) is 19.2 Å². The lowest BCUT2D eigenvalue weighted by Gasteiger charge is -2.27. The molecule has 0 radical (unpaired) electrons. The third kappa shape index (κ3) is 14.8. The summed E-state index contributed by atoms with van der Waals surface area (Å²) >= 11 is 0. The van der Waals surface area contributed by atoms with Crippen LogP contribution in [0.2, 0.25) is 0 Å². The van der Waals surface area contributed by atoms with Gasteiger partial charge in [-0.3, -0.25) is 0 Å². The minimum atomic E-state index is -0.935. The van der Waals surface area contributed by atoms with Crippen LogP contribution in [-0.2, 0) is 45.2 Å². The van der Waals surface area contributed by atoms with E-state index in [4.69, 9.17) is 14.9 Å². The van der Waals surface area contributed by atoms with E-state index in [1.165, 1.54) is 48.6 Å². The Morgan fingerprint density at radius 1 is 0.783 bits per heavy atom. The van der Waals surface area contributed by atoms with Crippen LogP contribution in [0.4, 0.5) is 0 Å². The predicted molar refractivity (Wildman–Crippen MR) is 179 cm³/mol. The second-order valence-corrected chi connectivity index (χ2v) is 11.0. The summed E-state index contributed by atoms with van der Waals surface area (Å²) in [7, 11) is 0. The number of hydrogen-bond acceptors (Lipinski definition) is 7. The number of carbonyl (C=O) groups excluding carboxylic acids is 2. The van der Waals surface area contributed by atoms with Gasteiger partial charge in [0.15, 0.2) is 0 Å². The highest BCUT2D eigenvalue weighted by Crippen LogP contribution is 2.32. The number of cyclic esters (lactones) is 2. The number of hydrogen-bond donors (Lipinski definition) is 2. The van der Waals surface area contributed by atoms with Gasteiger partial charge in [0.1, 0.15) is 12.5 Å². The molecule has 2 heterocycles. The van der Waals surface area contributed by atoms with Crippen LogP contribution in [0.5, 0.6) is 0 Å². The molecule has 0 bridgehead atoms. The minimum Gasteiger partial charge on any atom is -0.478 e. The van der Waals surface area contributed by atoms with Crippen molar-refractivity contribution < 1.29 is 43.6 Å². The summed E-state index contributed by atoms with van der Waals surface area (Å²) in [6.07, 6.45) is 4.11. The van der Waals surface area contributed by atoms with Gasteiger partial charge in [-0.2, -0.15) is 0 Å². The number of carboxylic acids is 2. The Morgan fingerprint density at radius 2 is 1.11 bits per heavy atom. The van der Waals surface area contributed by atoms with E-state index in [2.05, 4.69) is 98.9 Å². The molecule has 0 aliphatic carbocycles. The summed E-state index contributed by atoms with van der Waals surface area (Å²) < 4.78 is 14.1. The van der Waals surface area contributed by atoms with Crippen LogP contribution in [-0.4, -0.2) is 40.7 Å². The predicted octanol–water partition coefficient (Wildman–Crippen LogP) is 7.86. The molecule has 1 atom stereocenters. The first kappa shape index (κ1) is 41.2. The largest absolute Gasteiger partial charge is 0.478 e. The van der Waals surface area contributed by atoms with Gasteiger partial charge >= 0.3 is 23.9 Å². The summed E-state index contributed by atoms with van der Waals surface area (Å²) in [5, 5.41) is 15.8. The summed E-state index contributed by atoms with van der Waals surface area (Å²) in [6.45, 7) is 24.3. The van der Waals surface area contributed by atoms with Crippen LogP contribution >= 0.6 is 0 Å². The molecule has 2 aromatic rings.